The first-order valence-corrected chi connectivity index (χ1v) is 28.6. The topological polar surface area (TPSA) is 526 Å². The quantitative estimate of drug-likeness (QED) is 0.0162. The summed E-state index contributed by atoms with van der Waals surface area (Å²) in [5.74, 6) is -12.8. The summed E-state index contributed by atoms with van der Waals surface area (Å²) in [7, 11) is 0. The molecule has 0 saturated carbocycles. The molecule has 81 heavy (non-hydrogen) atoms. The summed E-state index contributed by atoms with van der Waals surface area (Å²) < 4.78 is 0. The van der Waals surface area contributed by atoms with E-state index in [1.54, 1.807) is 41.5 Å². The fourth-order valence-electron chi connectivity index (χ4n) is 7.70. The average molecular weight is 1170 g/mol. The second-order valence-corrected chi connectivity index (χ2v) is 21.0. The van der Waals surface area contributed by atoms with Gasteiger partial charge in [0.2, 0.25) is 47.3 Å². The van der Waals surface area contributed by atoms with Gasteiger partial charge >= 0.3 is 17.9 Å². The molecule has 0 bridgehead atoms. The molecule has 462 valence electrons. The maximum Gasteiger partial charge on any atom is 0.326 e. The highest BCUT2D eigenvalue weighted by Gasteiger charge is 2.37. The van der Waals surface area contributed by atoms with E-state index in [9.17, 15) is 68.1 Å². The molecule has 23 N–H and O–H groups in total. The van der Waals surface area contributed by atoms with E-state index in [4.69, 9.17) is 34.4 Å². The molecule has 0 unspecified atom stereocenters. The van der Waals surface area contributed by atoms with E-state index in [1.165, 1.54) is 11.8 Å². The molecule has 0 saturated heterocycles. The van der Waals surface area contributed by atoms with Gasteiger partial charge in [0.15, 0.2) is 11.9 Å². The Kier molecular flexibility index (Phi) is 36.7. The number of unbranched alkanes of at least 4 members (excludes halogenated alkanes) is 1. The van der Waals surface area contributed by atoms with Crippen LogP contribution in [0.1, 0.15) is 131 Å². The molecule has 11 atom stereocenters. The van der Waals surface area contributed by atoms with Crippen LogP contribution in [-0.4, -0.2) is 178 Å². The van der Waals surface area contributed by atoms with Gasteiger partial charge in [0.05, 0.1) is 6.04 Å². The minimum absolute atomic E-state index is 0.00714. The number of rotatable bonds is 43. The van der Waals surface area contributed by atoms with Crippen LogP contribution < -0.4 is 76.9 Å². The molecule has 30 nitrogen and oxygen atoms in total. The number of carbonyl (C=O) groups is 11. The van der Waals surface area contributed by atoms with E-state index in [2.05, 4.69) is 52.5 Å². The third kappa shape index (κ3) is 30.4. The Balaban J connectivity index is 7.23. The van der Waals surface area contributed by atoms with Crippen LogP contribution in [0, 0.1) is 17.8 Å². The summed E-state index contributed by atoms with van der Waals surface area (Å²) in [5, 5.41) is 49.2. The number of amides is 8. The molecular formula is C50H92N16O14S. The maximum absolute atomic E-state index is 14.5. The van der Waals surface area contributed by atoms with Crippen molar-refractivity contribution in [2.24, 2.45) is 62.1 Å². The number of guanidine groups is 2. The van der Waals surface area contributed by atoms with E-state index >= 15 is 0 Å². The number of nitrogens with zero attached hydrogens (tertiary/aromatic N) is 2. The number of carbonyl (C=O) groups excluding carboxylic acids is 8. The third-order valence-electron chi connectivity index (χ3n) is 13.1. The number of aliphatic imine (C=N–C) groups is 2. The first-order chi connectivity index (χ1) is 38.0. The average Bonchev–Trinajstić information content (AvgIpc) is 3.40. The molecule has 0 aromatic carbocycles. The lowest BCUT2D eigenvalue weighted by Crippen LogP contribution is -2.61. The molecule has 0 rings (SSSR count). The first kappa shape index (κ1) is 74.0. The predicted molar refractivity (Wildman–Crippen MR) is 304 cm³/mol. The Hall–Kier alpha value is -7.02. The zero-order valence-corrected chi connectivity index (χ0v) is 48.6. The molecule has 0 aromatic heterocycles. The summed E-state index contributed by atoms with van der Waals surface area (Å²) in [6, 6.07) is -12.5. The Labute approximate surface area is 477 Å². The fourth-order valence-corrected chi connectivity index (χ4v) is 8.17. The Morgan fingerprint density at radius 1 is 0.457 bits per heavy atom. The van der Waals surface area contributed by atoms with Crippen molar-refractivity contribution in [1.29, 1.82) is 0 Å². The van der Waals surface area contributed by atoms with E-state index in [-0.39, 0.29) is 82.4 Å². The Morgan fingerprint density at radius 2 is 0.790 bits per heavy atom. The molecule has 0 aliphatic rings. The number of aliphatic carboxylic acids is 3. The van der Waals surface area contributed by atoms with Crippen LogP contribution in [0.5, 0.6) is 0 Å². The van der Waals surface area contributed by atoms with Crippen molar-refractivity contribution in [1.82, 2.24) is 42.5 Å². The number of carboxylic acid groups (broad SMARTS) is 3. The van der Waals surface area contributed by atoms with E-state index < -0.39 is 157 Å². The molecule has 0 aromatic rings. The van der Waals surface area contributed by atoms with Gasteiger partial charge in [0.25, 0.3) is 0 Å². The van der Waals surface area contributed by atoms with Crippen molar-refractivity contribution < 1.29 is 68.1 Å². The maximum atomic E-state index is 14.5. The highest BCUT2D eigenvalue weighted by atomic mass is 32.2. The smallest absolute Gasteiger partial charge is 0.326 e. The van der Waals surface area contributed by atoms with Crippen LogP contribution in [0.15, 0.2) is 9.98 Å². The summed E-state index contributed by atoms with van der Waals surface area (Å²) >= 11 is 1.43. The molecule has 0 heterocycles. The van der Waals surface area contributed by atoms with Crippen molar-refractivity contribution in [2.75, 3.05) is 31.6 Å². The fraction of sp³-hybridized carbons (Fsp3) is 0.740. The first-order valence-electron chi connectivity index (χ1n) is 27.2. The summed E-state index contributed by atoms with van der Waals surface area (Å²) in [4.78, 5) is 155. The normalized spacial score (nSPS) is 15.1. The number of nitrogens with one attached hydrogen (secondary N) is 8. The van der Waals surface area contributed by atoms with Crippen LogP contribution in [0.4, 0.5) is 0 Å². The molecule has 0 fully saturated rings. The zero-order chi connectivity index (χ0) is 61.9. The van der Waals surface area contributed by atoms with Gasteiger partial charge < -0.3 is 92.3 Å². The van der Waals surface area contributed by atoms with Crippen molar-refractivity contribution in [2.45, 2.75) is 186 Å². The highest BCUT2D eigenvalue weighted by Crippen LogP contribution is 2.15. The van der Waals surface area contributed by atoms with Crippen LogP contribution in [0.25, 0.3) is 0 Å². The molecule has 0 spiro atoms. The highest BCUT2D eigenvalue weighted by molar-refractivity contribution is 7.98. The van der Waals surface area contributed by atoms with Crippen LogP contribution in [0.3, 0.4) is 0 Å². The van der Waals surface area contributed by atoms with Gasteiger partial charge in [-0.2, -0.15) is 11.8 Å². The molecule has 0 aliphatic carbocycles. The molecular weight excluding hydrogens is 1080 g/mol. The van der Waals surface area contributed by atoms with Gasteiger partial charge in [-0.05, 0) is 101 Å². The number of carboxylic acids is 3. The molecule has 31 heteroatoms. The van der Waals surface area contributed by atoms with Gasteiger partial charge in [-0.15, -0.1) is 0 Å². The van der Waals surface area contributed by atoms with Crippen molar-refractivity contribution in [3.8, 4) is 0 Å². The predicted octanol–water partition coefficient (Wildman–Crippen LogP) is -3.26. The van der Waals surface area contributed by atoms with Gasteiger partial charge in [0.1, 0.15) is 48.3 Å². The SMILES string of the molecule is CC[C@H](C)[C@H](NC(=O)[C@H](CCC(=O)O)NC(=O)[C@H](CCC(=O)O)NC(=O)[C@@H](NC(=O)[C@H](CCCN=C(N)N)NC(=O)[C@H](CCCN=C(N)N)NC(=O)[C@H](CCCCN)NC(=O)[C@H](CCSC)NC(=O)[C@@H](N)C(C)C)[C@@H](C)CC)C(=O)O. The number of nitrogens with two attached hydrogens (primary N) is 6. The van der Waals surface area contributed by atoms with Gasteiger partial charge in [-0.3, -0.25) is 57.9 Å². The van der Waals surface area contributed by atoms with Crippen LogP contribution in [-0.2, 0) is 52.7 Å². The van der Waals surface area contributed by atoms with Gasteiger partial charge in [0, 0.05) is 25.9 Å². The lowest BCUT2D eigenvalue weighted by molar-refractivity contribution is -0.144. The third-order valence-corrected chi connectivity index (χ3v) is 13.8. The van der Waals surface area contributed by atoms with Crippen molar-refractivity contribution >= 4 is 88.8 Å². The number of hydrogen-bond acceptors (Lipinski definition) is 16. The second kappa shape index (κ2) is 40.2. The monoisotopic (exact) mass is 1170 g/mol. The minimum atomic E-state index is -1.72. The Morgan fingerprint density at radius 3 is 1.14 bits per heavy atom. The van der Waals surface area contributed by atoms with E-state index in [0.717, 1.165) is 0 Å². The van der Waals surface area contributed by atoms with Crippen LogP contribution in [0.2, 0.25) is 0 Å². The molecule has 0 radical (unpaired) electrons. The molecule has 0 aliphatic heterocycles. The zero-order valence-electron chi connectivity index (χ0n) is 47.8. The van der Waals surface area contributed by atoms with Crippen LogP contribution >= 0.6 is 11.8 Å². The van der Waals surface area contributed by atoms with Gasteiger partial charge in [-0.1, -0.05) is 54.4 Å². The summed E-state index contributed by atoms with van der Waals surface area (Å²) in [6.07, 6.45) is 0.902. The van der Waals surface area contributed by atoms with Crippen molar-refractivity contribution in [3.05, 3.63) is 0 Å². The van der Waals surface area contributed by atoms with Gasteiger partial charge in [-0.25, -0.2) is 4.79 Å². The minimum Gasteiger partial charge on any atom is -0.481 e. The lowest BCUT2D eigenvalue weighted by atomic mass is 9.96. The van der Waals surface area contributed by atoms with E-state index in [0.29, 0.717) is 25.0 Å². The number of thioether (sulfide) groups is 1. The number of hydrogen-bond donors (Lipinski definition) is 17. The lowest BCUT2D eigenvalue weighted by Gasteiger charge is -2.30. The molecule has 8 amide bonds. The van der Waals surface area contributed by atoms with E-state index in [1.807, 2.05) is 6.26 Å². The Bertz CT molecular complexity index is 2130. The standard InChI is InChI=1S/C50H92N16O14S/c1-8-27(5)38(47(78)64-32(17-19-35(67)68)42(73)62-33(18-20-36(69)70)45(76)66-39(48(79)80)28(6)9-2)65-44(75)31(16-13-24-58-50(55)56)61-41(72)30(15-12-23-57-49(53)54)60-40(71)29(14-10-11-22-51)59-43(74)34(21-25-81-7)63-46(77)37(52)26(3)4/h26-34,37-39H,8-25,51-52H2,1-7H3,(H,59,74)(H,60,71)(H,61,72)(H,62,73)(H,63,77)(H,64,78)(H,65,75)(H,66,76)(H,67,68)(H,69,70)(H,79,80)(H4,53,54,57)(H4,55,56,58)/t27-,28-,29-,30-,31-,32-,33-,34-,37-,38-,39-/m0/s1. The van der Waals surface area contributed by atoms with Crippen molar-refractivity contribution in [3.63, 3.8) is 0 Å². The second-order valence-electron chi connectivity index (χ2n) is 20.0. The largest absolute Gasteiger partial charge is 0.481 e. The summed E-state index contributed by atoms with van der Waals surface area (Å²) in [6.45, 7) is 10.2. The summed E-state index contributed by atoms with van der Waals surface area (Å²) in [5.41, 5.74) is 34.0.